The molecule has 18 heavy (non-hydrogen) atoms. The van der Waals surface area contributed by atoms with Gasteiger partial charge in [-0.2, -0.15) is 18.3 Å². The van der Waals surface area contributed by atoms with Gasteiger partial charge in [-0.25, -0.2) is 4.68 Å². The Morgan fingerprint density at radius 3 is 2.67 bits per heavy atom. The maximum Gasteiger partial charge on any atom is 0.435 e. The highest BCUT2D eigenvalue weighted by molar-refractivity contribution is 7.10. The summed E-state index contributed by atoms with van der Waals surface area (Å²) in [4.78, 5) is 11.4. The summed E-state index contributed by atoms with van der Waals surface area (Å²) in [6, 6.07) is 1.42. The van der Waals surface area contributed by atoms with Gasteiger partial charge in [0, 0.05) is 17.6 Å². The molecule has 0 fully saturated rings. The Labute approximate surface area is 107 Å². The maximum atomic E-state index is 12.4. The van der Waals surface area contributed by atoms with Gasteiger partial charge in [0.25, 0.3) is 5.56 Å². The number of halogens is 4. The number of aromatic nitrogens is 4. The van der Waals surface area contributed by atoms with Crippen LogP contribution in [0.25, 0.3) is 0 Å². The fraction of sp³-hybridized carbons (Fsp3) is 0.250. The molecule has 0 radical (unpaired) electrons. The molecule has 2 rings (SSSR count). The predicted molar refractivity (Wildman–Crippen MR) is 57.5 cm³/mol. The minimum Gasteiger partial charge on any atom is -0.268 e. The Morgan fingerprint density at radius 1 is 1.39 bits per heavy atom. The molecule has 2 heterocycles. The fourth-order valence-corrected chi connectivity index (χ4v) is 1.76. The summed E-state index contributed by atoms with van der Waals surface area (Å²) in [7, 11) is 0. The second kappa shape index (κ2) is 4.65. The minimum absolute atomic E-state index is 0.204. The summed E-state index contributed by atoms with van der Waals surface area (Å²) < 4.78 is 41.7. The molecule has 0 bridgehead atoms. The van der Waals surface area contributed by atoms with E-state index in [0.717, 1.165) is 17.6 Å². The predicted octanol–water partition coefficient (Wildman–Crippen LogP) is 1.82. The average Bonchev–Trinajstić information content (AvgIpc) is 2.66. The number of hydrogen-bond acceptors (Lipinski definition) is 5. The van der Waals surface area contributed by atoms with Gasteiger partial charge < -0.3 is 0 Å². The lowest BCUT2D eigenvalue weighted by molar-refractivity contribution is -0.142. The van der Waals surface area contributed by atoms with Gasteiger partial charge in [-0.15, -0.1) is 5.10 Å². The molecule has 0 aliphatic rings. The second-order valence-corrected chi connectivity index (χ2v) is 4.56. The molecule has 0 aliphatic carbocycles. The average molecular weight is 297 g/mol. The van der Waals surface area contributed by atoms with Crippen LogP contribution >= 0.6 is 23.1 Å². The van der Waals surface area contributed by atoms with Crippen LogP contribution in [-0.4, -0.2) is 19.4 Å². The van der Waals surface area contributed by atoms with Crippen molar-refractivity contribution in [2.75, 3.05) is 0 Å². The monoisotopic (exact) mass is 296 g/mol. The molecule has 10 heteroatoms. The Bertz CT molecular complexity index is 623. The number of rotatable bonds is 2. The van der Waals surface area contributed by atoms with Gasteiger partial charge in [-0.3, -0.25) is 4.79 Å². The van der Waals surface area contributed by atoms with E-state index in [1.165, 1.54) is 0 Å². The molecular weight excluding hydrogens is 293 g/mol. The third-order valence-corrected chi connectivity index (χ3v) is 2.95. The van der Waals surface area contributed by atoms with Gasteiger partial charge in [0.2, 0.25) is 0 Å². The molecular formula is C8H4ClF3N4OS. The topological polar surface area (TPSA) is 60.7 Å². The van der Waals surface area contributed by atoms with Crippen molar-refractivity contribution < 1.29 is 13.2 Å². The van der Waals surface area contributed by atoms with Crippen LogP contribution in [0.5, 0.6) is 0 Å². The molecule has 0 aliphatic heterocycles. The van der Waals surface area contributed by atoms with Crippen molar-refractivity contribution in [2.24, 2.45) is 0 Å². The van der Waals surface area contributed by atoms with E-state index in [2.05, 4.69) is 14.7 Å². The van der Waals surface area contributed by atoms with Crippen molar-refractivity contribution in [3.63, 3.8) is 0 Å². The third-order valence-electron chi connectivity index (χ3n) is 1.97. The van der Waals surface area contributed by atoms with E-state index in [9.17, 15) is 18.0 Å². The summed E-state index contributed by atoms with van der Waals surface area (Å²) >= 11 is 6.58. The smallest absolute Gasteiger partial charge is 0.268 e. The zero-order chi connectivity index (χ0) is 13.3. The lowest BCUT2D eigenvalue weighted by Gasteiger charge is -2.08. The number of nitrogens with zero attached hydrogens (tertiary/aromatic N) is 4. The van der Waals surface area contributed by atoms with Crippen LogP contribution in [0, 0.1) is 0 Å². The van der Waals surface area contributed by atoms with Crippen molar-refractivity contribution in [2.45, 2.75) is 12.7 Å². The van der Waals surface area contributed by atoms with Crippen molar-refractivity contribution >= 4 is 23.1 Å². The van der Waals surface area contributed by atoms with Crippen LogP contribution in [0.4, 0.5) is 13.2 Å². The molecule has 0 saturated heterocycles. The molecule has 0 unspecified atom stereocenters. The highest BCUT2D eigenvalue weighted by Crippen LogP contribution is 2.26. The third kappa shape index (κ3) is 2.67. The first kappa shape index (κ1) is 13.0. The summed E-state index contributed by atoms with van der Waals surface area (Å²) in [6.07, 6.45) is -4.61. The molecule has 2 aromatic rings. The summed E-state index contributed by atoms with van der Waals surface area (Å²) in [5, 5.41) is 6.82. The van der Waals surface area contributed by atoms with E-state index in [1.54, 1.807) is 0 Å². The standard InChI is InChI=1S/C8H4ClF3N4OS/c9-7-4(13-15-18-7)3-16-6(17)2-1-5(14-16)8(10,11)12/h1-2H,3H2. The quantitative estimate of drug-likeness (QED) is 0.848. The van der Waals surface area contributed by atoms with E-state index in [1.807, 2.05) is 0 Å². The lowest BCUT2D eigenvalue weighted by atomic mass is 10.4. The maximum absolute atomic E-state index is 12.4. The zero-order valence-corrected chi connectivity index (χ0v) is 10.1. The summed E-state index contributed by atoms with van der Waals surface area (Å²) in [6.45, 7) is -0.252. The van der Waals surface area contributed by atoms with Gasteiger partial charge >= 0.3 is 6.18 Å². The van der Waals surface area contributed by atoms with Gasteiger partial charge in [0.1, 0.15) is 10.0 Å². The van der Waals surface area contributed by atoms with E-state index in [0.29, 0.717) is 10.7 Å². The molecule has 5 nitrogen and oxygen atoms in total. The Hall–Kier alpha value is -1.48. The van der Waals surface area contributed by atoms with E-state index in [4.69, 9.17) is 11.6 Å². The summed E-state index contributed by atoms with van der Waals surface area (Å²) in [5.74, 6) is 0. The molecule has 0 spiro atoms. The highest BCUT2D eigenvalue weighted by atomic mass is 35.5. The van der Waals surface area contributed by atoms with Gasteiger partial charge in [0.15, 0.2) is 5.69 Å². The molecule has 0 aromatic carbocycles. The van der Waals surface area contributed by atoms with Gasteiger partial charge in [-0.1, -0.05) is 16.1 Å². The van der Waals surface area contributed by atoms with Crippen LogP contribution in [0.15, 0.2) is 16.9 Å². The van der Waals surface area contributed by atoms with Crippen LogP contribution in [0.2, 0.25) is 4.34 Å². The van der Waals surface area contributed by atoms with Crippen molar-refractivity contribution in [3.05, 3.63) is 38.2 Å². The van der Waals surface area contributed by atoms with Crippen molar-refractivity contribution in [3.8, 4) is 0 Å². The lowest BCUT2D eigenvalue weighted by Crippen LogP contribution is -2.26. The number of hydrogen-bond donors (Lipinski definition) is 0. The largest absolute Gasteiger partial charge is 0.435 e. The van der Waals surface area contributed by atoms with E-state index < -0.39 is 17.4 Å². The summed E-state index contributed by atoms with van der Waals surface area (Å²) in [5.41, 5.74) is -1.62. The first-order chi connectivity index (χ1) is 8.38. The Kier molecular flexibility index (Phi) is 3.35. The van der Waals surface area contributed by atoms with Gasteiger partial charge in [-0.05, 0) is 6.07 Å². The fourth-order valence-electron chi connectivity index (χ4n) is 1.15. The second-order valence-electron chi connectivity index (χ2n) is 3.21. The molecule has 2 aromatic heterocycles. The SMILES string of the molecule is O=c1ccc(C(F)(F)F)nn1Cc1nnsc1Cl. The molecule has 0 N–H and O–H groups in total. The van der Waals surface area contributed by atoms with Crippen LogP contribution in [0.3, 0.4) is 0 Å². The molecule has 96 valence electrons. The van der Waals surface area contributed by atoms with Crippen molar-refractivity contribution in [1.29, 1.82) is 0 Å². The number of alkyl halides is 3. The zero-order valence-electron chi connectivity index (χ0n) is 8.48. The molecule has 0 atom stereocenters. The first-order valence-corrected chi connectivity index (χ1v) is 5.65. The highest BCUT2D eigenvalue weighted by Gasteiger charge is 2.33. The van der Waals surface area contributed by atoms with E-state index >= 15 is 0 Å². The molecule has 0 amide bonds. The Morgan fingerprint density at radius 2 is 2.11 bits per heavy atom. The van der Waals surface area contributed by atoms with Crippen LogP contribution in [-0.2, 0) is 12.7 Å². The normalized spacial score (nSPS) is 11.8. The van der Waals surface area contributed by atoms with Crippen molar-refractivity contribution in [1.82, 2.24) is 19.4 Å². The van der Waals surface area contributed by atoms with Gasteiger partial charge in [0.05, 0.1) is 6.54 Å². The minimum atomic E-state index is -4.61. The first-order valence-electron chi connectivity index (χ1n) is 4.50. The van der Waals surface area contributed by atoms with Crippen LogP contribution < -0.4 is 5.56 Å². The van der Waals surface area contributed by atoms with Crippen LogP contribution in [0.1, 0.15) is 11.4 Å². The van der Waals surface area contributed by atoms with E-state index in [-0.39, 0.29) is 16.6 Å². The Balaban J connectivity index is 2.39. The molecule has 0 saturated carbocycles.